The number of hydrogen-bond acceptors (Lipinski definition) is 3. The van der Waals surface area contributed by atoms with Crippen LogP contribution in [-0.4, -0.2) is 34.3 Å². The molecule has 1 aromatic heterocycles. The third-order valence-electron chi connectivity index (χ3n) is 3.91. The van der Waals surface area contributed by atoms with Gasteiger partial charge in [0.05, 0.1) is 0 Å². The summed E-state index contributed by atoms with van der Waals surface area (Å²) in [4.78, 5) is 6.45. The Kier molecular flexibility index (Phi) is 2.73. The standard InChI is InChI=1S/C12H15BrN2O/c13-10-2-1-9(7-14-10)11-8-3-5-15(6-4-8)12(11)16/h1-2,7-8,11-12,16H,3-6H2. The number of nitrogens with zero attached hydrogens (tertiary/aromatic N) is 2. The Morgan fingerprint density at radius 3 is 2.62 bits per heavy atom. The lowest BCUT2D eigenvalue weighted by atomic mass is 9.74. The van der Waals surface area contributed by atoms with Gasteiger partial charge in [-0.1, -0.05) is 6.07 Å². The number of pyridine rings is 1. The molecule has 4 rings (SSSR count). The first-order valence-electron chi connectivity index (χ1n) is 5.79. The van der Waals surface area contributed by atoms with Crippen LogP contribution in [0.4, 0.5) is 0 Å². The summed E-state index contributed by atoms with van der Waals surface area (Å²) in [6.07, 6.45) is 3.99. The van der Waals surface area contributed by atoms with Crippen LogP contribution < -0.4 is 0 Å². The molecule has 1 N–H and O–H groups in total. The van der Waals surface area contributed by atoms with Gasteiger partial charge in [-0.25, -0.2) is 4.98 Å². The van der Waals surface area contributed by atoms with Crippen molar-refractivity contribution in [2.45, 2.75) is 25.0 Å². The molecule has 0 radical (unpaired) electrons. The lowest BCUT2D eigenvalue weighted by Gasteiger charge is -2.48. The molecule has 1 aromatic rings. The number of aliphatic hydroxyl groups is 1. The minimum Gasteiger partial charge on any atom is -0.378 e. The third kappa shape index (κ3) is 1.69. The Labute approximate surface area is 104 Å². The summed E-state index contributed by atoms with van der Waals surface area (Å²) < 4.78 is 0.854. The van der Waals surface area contributed by atoms with E-state index in [1.165, 1.54) is 18.4 Å². The van der Waals surface area contributed by atoms with Crippen molar-refractivity contribution in [2.24, 2.45) is 5.92 Å². The highest BCUT2D eigenvalue weighted by Crippen LogP contribution is 2.42. The minimum absolute atomic E-state index is 0.253. The average Bonchev–Trinajstić information content (AvgIpc) is 2.32. The summed E-state index contributed by atoms with van der Waals surface area (Å²) in [5, 5.41) is 10.3. The number of aliphatic hydroxyl groups excluding tert-OH is 1. The van der Waals surface area contributed by atoms with Gasteiger partial charge in [0.15, 0.2) is 0 Å². The summed E-state index contributed by atoms with van der Waals surface area (Å²) in [5.74, 6) is 0.881. The third-order valence-corrected chi connectivity index (χ3v) is 4.38. The molecule has 0 saturated carbocycles. The highest BCUT2D eigenvalue weighted by molar-refractivity contribution is 9.10. The molecule has 2 atom stereocenters. The second-order valence-electron chi connectivity index (χ2n) is 4.73. The van der Waals surface area contributed by atoms with Gasteiger partial charge in [-0.05, 0) is 46.3 Å². The lowest BCUT2D eigenvalue weighted by molar-refractivity contribution is -0.0963. The van der Waals surface area contributed by atoms with Crippen molar-refractivity contribution in [2.75, 3.05) is 13.1 Å². The maximum atomic E-state index is 10.3. The van der Waals surface area contributed by atoms with Crippen molar-refractivity contribution >= 4 is 15.9 Å². The van der Waals surface area contributed by atoms with Crippen LogP contribution in [0.25, 0.3) is 0 Å². The molecule has 0 aliphatic carbocycles. The zero-order valence-corrected chi connectivity index (χ0v) is 10.6. The highest BCUT2D eigenvalue weighted by Gasteiger charge is 2.41. The van der Waals surface area contributed by atoms with Gasteiger partial charge in [0.25, 0.3) is 0 Å². The summed E-state index contributed by atoms with van der Waals surface area (Å²) in [6, 6.07) is 4.03. The van der Waals surface area contributed by atoms with E-state index < -0.39 is 0 Å². The maximum Gasteiger partial charge on any atom is 0.114 e. The molecule has 86 valence electrons. The Balaban J connectivity index is 1.91. The van der Waals surface area contributed by atoms with Gasteiger partial charge in [0.2, 0.25) is 0 Å². The van der Waals surface area contributed by atoms with E-state index in [0.717, 1.165) is 17.7 Å². The van der Waals surface area contributed by atoms with Gasteiger partial charge in [0.1, 0.15) is 10.8 Å². The van der Waals surface area contributed by atoms with Crippen molar-refractivity contribution in [1.29, 1.82) is 0 Å². The van der Waals surface area contributed by atoms with Crippen LogP contribution in [0.2, 0.25) is 0 Å². The van der Waals surface area contributed by atoms with Crippen LogP contribution in [-0.2, 0) is 0 Å². The Bertz CT molecular complexity index is 371. The molecular formula is C12H15BrN2O. The van der Waals surface area contributed by atoms with Crippen molar-refractivity contribution in [3.05, 3.63) is 28.5 Å². The first-order chi connectivity index (χ1) is 7.75. The van der Waals surface area contributed by atoms with Crippen LogP contribution in [0.1, 0.15) is 24.3 Å². The van der Waals surface area contributed by atoms with Crippen LogP contribution in [0, 0.1) is 5.92 Å². The van der Waals surface area contributed by atoms with E-state index in [1.54, 1.807) is 0 Å². The summed E-state index contributed by atoms with van der Waals surface area (Å²) in [6.45, 7) is 2.10. The summed E-state index contributed by atoms with van der Waals surface area (Å²) in [7, 11) is 0. The van der Waals surface area contributed by atoms with Crippen LogP contribution >= 0.6 is 15.9 Å². The van der Waals surface area contributed by atoms with Gasteiger partial charge in [-0.3, -0.25) is 4.90 Å². The second-order valence-corrected chi connectivity index (χ2v) is 5.54. The van der Waals surface area contributed by atoms with E-state index in [2.05, 4.69) is 31.9 Å². The zero-order valence-electron chi connectivity index (χ0n) is 9.01. The van der Waals surface area contributed by atoms with Crippen LogP contribution in [0.3, 0.4) is 0 Å². The summed E-state index contributed by atoms with van der Waals surface area (Å²) in [5.41, 5.74) is 1.17. The molecule has 4 heterocycles. The topological polar surface area (TPSA) is 36.4 Å². The molecule has 0 spiro atoms. The molecule has 3 fully saturated rings. The van der Waals surface area contributed by atoms with Crippen molar-refractivity contribution in [1.82, 2.24) is 9.88 Å². The number of hydrogen-bond donors (Lipinski definition) is 1. The van der Waals surface area contributed by atoms with E-state index >= 15 is 0 Å². The molecule has 4 heteroatoms. The largest absolute Gasteiger partial charge is 0.378 e. The molecule has 16 heavy (non-hydrogen) atoms. The number of rotatable bonds is 1. The lowest BCUT2D eigenvalue weighted by Crippen LogP contribution is -2.53. The van der Waals surface area contributed by atoms with E-state index in [9.17, 15) is 5.11 Å². The number of aromatic nitrogens is 1. The maximum absolute atomic E-state index is 10.3. The quantitative estimate of drug-likeness (QED) is 0.801. The number of halogens is 1. The highest BCUT2D eigenvalue weighted by atomic mass is 79.9. The predicted molar refractivity (Wildman–Crippen MR) is 65.0 cm³/mol. The molecule has 0 amide bonds. The molecule has 0 aromatic carbocycles. The molecule has 3 saturated heterocycles. The van der Waals surface area contributed by atoms with E-state index in [4.69, 9.17) is 0 Å². The van der Waals surface area contributed by atoms with Gasteiger partial charge >= 0.3 is 0 Å². The van der Waals surface area contributed by atoms with E-state index in [1.807, 2.05) is 12.3 Å². The predicted octanol–water partition coefficient (Wildman–Crippen LogP) is 1.97. The Hall–Kier alpha value is -0.450. The van der Waals surface area contributed by atoms with Gasteiger partial charge in [-0.2, -0.15) is 0 Å². The number of piperidine rings is 3. The van der Waals surface area contributed by atoms with Gasteiger partial charge in [0, 0.05) is 25.2 Å². The normalized spacial score (nSPS) is 37.6. The minimum atomic E-state index is -0.310. The van der Waals surface area contributed by atoms with E-state index in [0.29, 0.717) is 5.92 Å². The van der Waals surface area contributed by atoms with Crippen molar-refractivity contribution in [3.8, 4) is 0 Å². The SMILES string of the molecule is OC1C(c2ccc(Br)nc2)C2CCN1CC2. The molecule has 2 bridgehead atoms. The first-order valence-corrected chi connectivity index (χ1v) is 6.58. The molecule has 2 unspecified atom stereocenters. The average molecular weight is 283 g/mol. The fourth-order valence-electron chi connectivity index (χ4n) is 3.04. The second kappa shape index (κ2) is 4.09. The molecule has 3 aliphatic rings. The van der Waals surface area contributed by atoms with Crippen molar-refractivity contribution in [3.63, 3.8) is 0 Å². The molecular weight excluding hydrogens is 268 g/mol. The van der Waals surface area contributed by atoms with Crippen molar-refractivity contribution < 1.29 is 5.11 Å². The monoisotopic (exact) mass is 282 g/mol. The Morgan fingerprint density at radius 1 is 1.31 bits per heavy atom. The first kappa shape index (κ1) is 10.7. The van der Waals surface area contributed by atoms with Crippen LogP contribution in [0.5, 0.6) is 0 Å². The molecule has 3 nitrogen and oxygen atoms in total. The van der Waals surface area contributed by atoms with E-state index in [-0.39, 0.29) is 12.1 Å². The zero-order chi connectivity index (χ0) is 11.1. The summed E-state index contributed by atoms with van der Waals surface area (Å²) >= 11 is 3.34. The number of fused-ring (bicyclic) bond motifs is 3. The fourth-order valence-corrected chi connectivity index (χ4v) is 3.28. The van der Waals surface area contributed by atoms with Gasteiger partial charge in [-0.15, -0.1) is 0 Å². The molecule has 3 aliphatic heterocycles. The van der Waals surface area contributed by atoms with Crippen LogP contribution in [0.15, 0.2) is 22.9 Å². The Morgan fingerprint density at radius 2 is 2.06 bits per heavy atom. The fraction of sp³-hybridized carbons (Fsp3) is 0.583. The smallest absolute Gasteiger partial charge is 0.114 e. The van der Waals surface area contributed by atoms with Gasteiger partial charge < -0.3 is 5.11 Å².